The van der Waals surface area contributed by atoms with Crippen molar-refractivity contribution in [1.82, 2.24) is 10.2 Å². The molecule has 1 aromatic rings. The van der Waals surface area contributed by atoms with Gasteiger partial charge in [0.1, 0.15) is 0 Å². The van der Waals surface area contributed by atoms with E-state index in [-0.39, 0.29) is 36.4 Å². The van der Waals surface area contributed by atoms with E-state index in [0.29, 0.717) is 13.2 Å². The first-order chi connectivity index (χ1) is 11.4. The molecule has 6 nitrogen and oxygen atoms in total. The predicted molar refractivity (Wildman–Crippen MR) is 92.1 cm³/mol. The topological polar surface area (TPSA) is 84.7 Å². The van der Waals surface area contributed by atoms with Crippen LogP contribution < -0.4 is 11.1 Å². The number of carbonyl (C=O) groups excluding carboxylic acids is 2. The first-order valence-corrected chi connectivity index (χ1v) is 8.39. The highest BCUT2D eigenvalue weighted by Gasteiger charge is 2.31. The van der Waals surface area contributed by atoms with Crippen molar-refractivity contribution >= 4 is 11.8 Å². The molecule has 2 unspecified atom stereocenters. The second kappa shape index (κ2) is 8.26. The van der Waals surface area contributed by atoms with Crippen molar-refractivity contribution in [3.63, 3.8) is 0 Å². The van der Waals surface area contributed by atoms with Crippen LogP contribution in [-0.4, -0.2) is 48.6 Å². The lowest BCUT2D eigenvalue weighted by Crippen LogP contribution is -2.52. The second-order valence-electron chi connectivity index (χ2n) is 6.60. The summed E-state index contributed by atoms with van der Waals surface area (Å²) >= 11 is 0. The molecule has 0 radical (unpaired) electrons. The van der Waals surface area contributed by atoms with Crippen LogP contribution in [0.5, 0.6) is 0 Å². The predicted octanol–water partition coefficient (Wildman–Crippen LogP) is 1.07. The smallest absolute Gasteiger partial charge is 0.242 e. The molecule has 0 aromatic heterocycles. The van der Waals surface area contributed by atoms with Crippen LogP contribution in [0.2, 0.25) is 0 Å². The normalized spacial score (nSPS) is 22.3. The number of nitrogens with two attached hydrogens (primary N) is 1. The Balaban J connectivity index is 2.03. The molecule has 0 bridgehead atoms. The van der Waals surface area contributed by atoms with Crippen molar-refractivity contribution in [2.45, 2.75) is 39.0 Å². The summed E-state index contributed by atoms with van der Waals surface area (Å²) in [5.74, 6) is -0.389. The molecule has 132 valence electrons. The molecule has 2 rings (SSSR count). The van der Waals surface area contributed by atoms with Gasteiger partial charge in [0.2, 0.25) is 11.8 Å². The molecule has 1 fully saturated rings. The highest BCUT2D eigenvalue weighted by atomic mass is 16.5. The van der Waals surface area contributed by atoms with Crippen LogP contribution in [0.3, 0.4) is 0 Å². The van der Waals surface area contributed by atoms with E-state index >= 15 is 0 Å². The third-order valence-electron chi connectivity index (χ3n) is 4.31. The van der Waals surface area contributed by atoms with Gasteiger partial charge in [-0.2, -0.15) is 0 Å². The van der Waals surface area contributed by atoms with Crippen LogP contribution in [0, 0.1) is 5.92 Å². The molecule has 1 heterocycles. The van der Waals surface area contributed by atoms with Gasteiger partial charge in [0.15, 0.2) is 0 Å². The van der Waals surface area contributed by atoms with Gasteiger partial charge in [0.25, 0.3) is 0 Å². The molecule has 1 aliphatic rings. The number of amides is 2. The molecular formula is C18H27N3O3. The third kappa shape index (κ3) is 4.55. The van der Waals surface area contributed by atoms with Gasteiger partial charge in [-0.1, -0.05) is 44.2 Å². The second-order valence-corrected chi connectivity index (χ2v) is 6.60. The van der Waals surface area contributed by atoms with Gasteiger partial charge in [-0.25, -0.2) is 0 Å². The SMILES string of the molecule is CC1CN(C(=O)CNC(=O)[C@@H](N)C(C)C)C(c2ccccc2)CO1. The first-order valence-electron chi connectivity index (χ1n) is 8.39. The number of benzene rings is 1. The van der Waals surface area contributed by atoms with Crippen molar-refractivity contribution in [1.29, 1.82) is 0 Å². The summed E-state index contributed by atoms with van der Waals surface area (Å²) in [4.78, 5) is 26.4. The standard InChI is InChI=1S/C18H27N3O3/c1-12(2)17(19)18(23)20-9-16(22)21-10-13(3)24-11-15(21)14-7-5-4-6-8-14/h4-8,12-13,15,17H,9-11,19H2,1-3H3,(H,20,23)/t13?,15?,17-/m0/s1. The molecule has 24 heavy (non-hydrogen) atoms. The summed E-state index contributed by atoms with van der Waals surface area (Å²) in [5.41, 5.74) is 6.84. The van der Waals surface area contributed by atoms with E-state index in [2.05, 4.69) is 5.32 Å². The quantitative estimate of drug-likeness (QED) is 0.844. The maximum atomic E-state index is 12.6. The average Bonchev–Trinajstić information content (AvgIpc) is 2.59. The fraction of sp³-hybridized carbons (Fsp3) is 0.556. The van der Waals surface area contributed by atoms with Gasteiger partial charge in [0, 0.05) is 6.54 Å². The van der Waals surface area contributed by atoms with E-state index in [1.165, 1.54) is 0 Å². The van der Waals surface area contributed by atoms with Gasteiger partial charge in [-0.05, 0) is 18.4 Å². The number of ether oxygens (including phenoxy) is 1. The van der Waals surface area contributed by atoms with Gasteiger partial charge < -0.3 is 20.7 Å². The number of hydrogen-bond acceptors (Lipinski definition) is 4. The lowest BCUT2D eigenvalue weighted by molar-refractivity contribution is -0.145. The van der Waals surface area contributed by atoms with Crippen molar-refractivity contribution in [3.05, 3.63) is 35.9 Å². The molecule has 0 saturated carbocycles. The fourth-order valence-corrected chi connectivity index (χ4v) is 2.71. The van der Waals surface area contributed by atoms with E-state index in [0.717, 1.165) is 5.56 Å². The molecule has 1 saturated heterocycles. The molecule has 3 atom stereocenters. The fourth-order valence-electron chi connectivity index (χ4n) is 2.71. The Hall–Kier alpha value is -1.92. The molecule has 0 aliphatic carbocycles. The summed E-state index contributed by atoms with van der Waals surface area (Å²) in [6, 6.07) is 9.06. The minimum absolute atomic E-state index is 0.0254. The summed E-state index contributed by atoms with van der Waals surface area (Å²) < 4.78 is 5.72. The summed E-state index contributed by atoms with van der Waals surface area (Å²) in [7, 11) is 0. The first kappa shape index (κ1) is 18.4. The Morgan fingerprint density at radius 2 is 2.00 bits per heavy atom. The number of carbonyl (C=O) groups is 2. The minimum atomic E-state index is -0.605. The lowest BCUT2D eigenvalue weighted by Gasteiger charge is -2.39. The number of rotatable bonds is 5. The molecule has 3 N–H and O–H groups in total. The number of nitrogens with zero attached hydrogens (tertiary/aromatic N) is 1. The van der Waals surface area contributed by atoms with Crippen molar-refractivity contribution in [3.8, 4) is 0 Å². The van der Waals surface area contributed by atoms with Gasteiger partial charge >= 0.3 is 0 Å². The Morgan fingerprint density at radius 1 is 1.33 bits per heavy atom. The average molecular weight is 333 g/mol. The van der Waals surface area contributed by atoms with Crippen LogP contribution in [0.25, 0.3) is 0 Å². The Bertz CT molecular complexity index is 562. The maximum Gasteiger partial charge on any atom is 0.242 e. The molecule has 1 aromatic carbocycles. The van der Waals surface area contributed by atoms with Crippen LogP contribution in [0.15, 0.2) is 30.3 Å². The van der Waals surface area contributed by atoms with E-state index < -0.39 is 6.04 Å². The highest BCUT2D eigenvalue weighted by molar-refractivity contribution is 5.87. The molecule has 6 heteroatoms. The monoisotopic (exact) mass is 333 g/mol. The lowest BCUT2D eigenvalue weighted by atomic mass is 10.0. The third-order valence-corrected chi connectivity index (χ3v) is 4.31. The van der Waals surface area contributed by atoms with Gasteiger partial charge in [-0.3, -0.25) is 9.59 Å². The summed E-state index contributed by atoms with van der Waals surface area (Å²) in [5, 5.41) is 2.65. The Labute approximate surface area is 143 Å². The number of morpholine rings is 1. The zero-order valence-corrected chi connectivity index (χ0v) is 14.6. The minimum Gasteiger partial charge on any atom is -0.374 e. The number of hydrogen-bond donors (Lipinski definition) is 2. The number of nitrogens with one attached hydrogen (secondary N) is 1. The van der Waals surface area contributed by atoms with Crippen LogP contribution >= 0.6 is 0 Å². The van der Waals surface area contributed by atoms with Crippen LogP contribution in [0.1, 0.15) is 32.4 Å². The van der Waals surface area contributed by atoms with Crippen LogP contribution in [0.4, 0.5) is 0 Å². The largest absolute Gasteiger partial charge is 0.374 e. The summed E-state index contributed by atoms with van der Waals surface area (Å²) in [6.45, 7) is 6.60. The van der Waals surface area contributed by atoms with E-state index in [9.17, 15) is 9.59 Å². The molecule has 2 amide bonds. The molecule has 0 spiro atoms. The van der Waals surface area contributed by atoms with Gasteiger partial charge in [-0.15, -0.1) is 0 Å². The van der Waals surface area contributed by atoms with Gasteiger partial charge in [0.05, 0.1) is 31.3 Å². The Kier molecular flexibility index (Phi) is 6.34. The zero-order valence-electron chi connectivity index (χ0n) is 14.6. The van der Waals surface area contributed by atoms with Crippen molar-refractivity contribution in [2.24, 2.45) is 11.7 Å². The van der Waals surface area contributed by atoms with E-state index in [1.807, 2.05) is 51.1 Å². The van der Waals surface area contributed by atoms with Crippen LogP contribution in [-0.2, 0) is 14.3 Å². The van der Waals surface area contributed by atoms with E-state index in [4.69, 9.17) is 10.5 Å². The van der Waals surface area contributed by atoms with Crippen molar-refractivity contribution < 1.29 is 14.3 Å². The zero-order chi connectivity index (χ0) is 17.7. The summed E-state index contributed by atoms with van der Waals surface area (Å²) in [6.07, 6.45) is -0.0254. The highest BCUT2D eigenvalue weighted by Crippen LogP contribution is 2.26. The molecular weight excluding hydrogens is 306 g/mol. The van der Waals surface area contributed by atoms with E-state index in [1.54, 1.807) is 4.90 Å². The Morgan fingerprint density at radius 3 is 2.62 bits per heavy atom. The maximum absolute atomic E-state index is 12.6. The molecule has 1 aliphatic heterocycles. The van der Waals surface area contributed by atoms with Crippen molar-refractivity contribution in [2.75, 3.05) is 19.7 Å².